The number of aromatic nitrogens is 3. The fraction of sp³-hybridized carbons (Fsp3) is 0.194. The Morgan fingerprint density at radius 3 is 2.89 bits per heavy atom. The second-order valence-electron chi connectivity index (χ2n) is 9.14. The van der Waals surface area contributed by atoms with Gasteiger partial charge in [-0.2, -0.15) is 0 Å². The average Bonchev–Trinajstić information content (AvgIpc) is 3.27. The summed E-state index contributed by atoms with van der Waals surface area (Å²) in [6, 6.07) is 5.93. The first-order chi connectivity index (χ1) is 18.1. The molecular weight excluding hydrogens is 458 g/mol. The van der Waals surface area contributed by atoms with E-state index < -0.39 is 0 Å². The van der Waals surface area contributed by atoms with Crippen LogP contribution in [-0.4, -0.2) is 35.1 Å². The van der Waals surface area contributed by atoms with Gasteiger partial charge in [0, 0.05) is 42.3 Å². The van der Waals surface area contributed by atoms with Gasteiger partial charge >= 0.3 is 0 Å². The number of aliphatic imine (C=N–C) groups is 1. The van der Waals surface area contributed by atoms with E-state index in [2.05, 4.69) is 69.4 Å². The maximum absolute atomic E-state index is 5.59. The molecule has 2 N–H and O–H groups in total. The minimum atomic E-state index is 0.523. The smallest absolute Gasteiger partial charge is 0.240 e. The molecule has 2 aromatic heterocycles. The van der Waals surface area contributed by atoms with Crippen molar-refractivity contribution in [2.45, 2.75) is 26.7 Å². The summed E-state index contributed by atoms with van der Waals surface area (Å²) in [4.78, 5) is 9.24. The van der Waals surface area contributed by atoms with Gasteiger partial charge in [-0.15, -0.1) is 5.10 Å². The number of aryl methyl sites for hydroxylation is 1. The van der Waals surface area contributed by atoms with Crippen LogP contribution in [0.15, 0.2) is 112 Å². The van der Waals surface area contributed by atoms with Gasteiger partial charge in [0.25, 0.3) is 0 Å². The van der Waals surface area contributed by atoms with Crippen molar-refractivity contribution in [3.05, 3.63) is 118 Å². The monoisotopic (exact) mass is 489 g/mol. The average molecular weight is 490 g/mol. The van der Waals surface area contributed by atoms with E-state index in [-0.39, 0.29) is 0 Å². The van der Waals surface area contributed by atoms with Crippen molar-refractivity contribution in [2.75, 3.05) is 13.7 Å². The van der Waals surface area contributed by atoms with Crippen LogP contribution in [0.3, 0.4) is 0 Å². The molecule has 37 heavy (non-hydrogen) atoms. The number of methoxy groups -OCH3 is 1. The number of rotatable bonds is 5. The second kappa shape index (κ2) is 10.7. The zero-order chi connectivity index (χ0) is 25.8. The summed E-state index contributed by atoms with van der Waals surface area (Å²) in [5, 5.41) is 11.1. The summed E-state index contributed by atoms with van der Waals surface area (Å²) < 4.78 is 5.59. The molecule has 6 heteroatoms. The largest absolute Gasteiger partial charge is 0.479 e. The molecule has 2 bridgehead atoms. The van der Waals surface area contributed by atoms with Crippen LogP contribution in [0.4, 0.5) is 0 Å². The maximum atomic E-state index is 5.59. The van der Waals surface area contributed by atoms with Crippen LogP contribution in [0.2, 0.25) is 0 Å². The molecule has 0 unspecified atom stereocenters. The van der Waals surface area contributed by atoms with E-state index >= 15 is 0 Å². The molecule has 186 valence electrons. The third-order valence-corrected chi connectivity index (χ3v) is 6.65. The Morgan fingerprint density at radius 2 is 2.08 bits per heavy atom. The lowest BCUT2D eigenvalue weighted by Crippen LogP contribution is -2.23. The normalized spacial score (nSPS) is 21.9. The third kappa shape index (κ3) is 5.09. The molecule has 2 aliphatic heterocycles. The van der Waals surface area contributed by atoms with Gasteiger partial charge in [0.1, 0.15) is 0 Å². The van der Waals surface area contributed by atoms with E-state index in [1.54, 1.807) is 7.11 Å². The van der Waals surface area contributed by atoms with Gasteiger partial charge in [-0.25, -0.2) is 0 Å². The molecular formula is C31H31N5O. The van der Waals surface area contributed by atoms with Crippen molar-refractivity contribution in [3.8, 4) is 17.3 Å². The number of hydrogen-bond donors (Lipinski definition) is 2. The number of piperidine rings is 1. The Labute approximate surface area is 218 Å². The number of hydrogen-bond acceptors (Lipinski definition) is 5. The quantitative estimate of drug-likeness (QED) is 0.514. The fourth-order valence-electron chi connectivity index (χ4n) is 4.70. The number of fused-ring (bicyclic) bond motifs is 2. The van der Waals surface area contributed by atoms with Crippen molar-refractivity contribution < 1.29 is 4.74 Å². The van der Waals surface area contributed by atoms with E-state index in [1.807, 2.05) is 49.7 Å². The number of pyridine rings is 1. The van der Waals surface area contributed by atoms with Crippen LogP contribution in [0.25, 0.3) is 17.0 Å². The van der Waals surface area contributed by atoms with Crippen LogP contribution in [0, 0.1) is 6.92 Å². The van der Waals surface area contributed by atoms with Gasteiger partial charge in [-0.05, 0) is 66.3 Å². The van der Waals surface area contributed by atoms with Crippen LogP contribution < -0.4 is 10.1 Å². The molecule has 1 aliphatic carbocycles. The van der Waals surface area contributed by atoms with E-state index in [9.17, 15) is 0 Å². The predicted octanol–water partition coefficient (Wildman–Crippen LogP) is 6.33. The van der Waals surface area contributed by atoms with Gasteiger partial charge in [0.05, 0.1) is 24.1 Å². The highest BCUT2D eigenvalue weighted by Gasteiger charge is 2.20. The molecule has 6 nitrogen and oxygen atoms in total. The number of H-pyrrole nitrogens is 1. The number of nitrogens with zero attached hydrogens (tertiary/aromatic N) is 3. The van der Waals surface area contributed by atoms with Crippen LogP contribution in [0.1, 0.15) is 31.0 Å². The molecule has 0 amide bonds. The fourth-order valence-corrected chi connectivity index (χ4v) is 4.70. The molecule has 4 heterocycles. The van der Waals surface area contributed by atoms with E-state index in [1.165, 1.54) is 11.3 Å². The molecule has 0 radical (unpaired) electrons. The second-order valence-corrected chi connectivity index (χ2v) is 9.14. The van der Waals surface area contributed by atoms with Gasteiger partial charge in [-0.1, -0.05) is 49.1 Å². The van der Waals surface area contributed by atoms with Crippen molar-refractivity contribution in [2.24, 2.45) is 4.99 Å². The number of nitrogens with one attached hydrogen (secondary N) is 2. The summed E-state index contributed by atoms with van der Waals surface area (Å²) in [5.41, 5.74) is 11.2. The predicted molar refractivity (Wildman–Crippen MR) is 151 cm³/mol. The van der Waals surface area contributed by atoms with E-state index in [0.717, 1.165) is 69.9 Å². The Balaban J connectivity index is 1.50. The zero-order valence-electron chi connectivity index (χ0n) is 21.5. The summed E-state index contributed by atoms with van der Waals surface area (Å²) >= 11 is 0. The molecule has 0 spiro atoms. The summed E-state index contributed by atoms with van der Waals surface area (Å²) in [7, 11) is 1.63. The van der Waals surface area contributed by atoms with Crippen molar-refractivity contribution in [1.29, 1.82) is 0 Å². The SMILES string of the molecule is C=C1\C=C/C(c2c(OC)n[nH]c2-c2cccc(C)n2)=C/C=C/C1=C/C(=C\C)C1=C2CC(=CN=C1)CCN2. The molecule has 1 fully saturated rings. The number of ether oxygens (including phenoxy) is 1. The molecule has 5 rings (SSSR count). The Hall–Kier alpha value is -4.45. The minimum absolute atomic E-state index is 0.523. The zero-order valence-corrected chi connectivity index (χ0v) is 21.5. The van der Waals surface area contributed by atoms with Crippen LogP contribution >= 0.6 is 0 Å². The van der Waals surface area contributed by atoms with E-state index in [4.69, 9.17) is 4.74 Å². The number of allylic oxidation sites excluding steroid dienone is 13. The first kappa shape index (κ1) is 24.3. The molecule has 1 saturated heterocycles. The minimum Gasteiger partial charge on any atom is -0.479 e. The highest BCUT2D eigenvalue weighted by atomic mass is 16.5. The van der Waals surface area contributed by atoms with Crippen LogP contribution in [-0.2, 0) is 0 Å². The first-order valence-electron chi connectivity index (χ1n) is 12.5. The summed E-state index contributed by atoms with van der Waals surface area (Å²) in [6.45, 7) is 9.34. The highest BCUT2D eigenvalue weighted by Crippen LogP contribution is 2.35. The van der Waals surface area contributed by atoms with Gasteiger partial charge in [0.2, 0.25) is 5.88 Å². The molecule has 0 saturated carbocycles. The Kier molecular flexibility index (Phi) is 6.99. The lowest BCUT2D eigenvalue weighted by molar-refractivity contribution is 0.396. The van der Waals surface area contributed by atoms with Crippen molar-refractivity contribution >= 4 is 11.8 Å². The topological polar surface area (TPSA) is 75.2 Å². The van der Waals surface area contributed by atoms with Gasteiger partial charge in [0.15, 0.2) is 0 Å². The first-order valence-corrected chi connectivity index (χ1v) is 12.5. The molecule has 2 aromatic rings. The van der Waals surface area contributed by atoms with Crippen molar-refractivity contribution in [1.82, 2.24) is 20.5 Å². The molecule has 0 aromatic carbocycles. The standard InChI is InChI=1S/C31H31N5O/c1-5-23(26-19-32-18-22-14-15-33-28(26)16-22)17-25-10-7-9-24(13-12-20(25)2)29-30(35-36-31(29)37-4)27-11-6-8-21(3)34-27/h5-13,17-19,33H,2,14-16H2,1,3-4H3,(H,35,36)/b10-7+,13-12-,23-5+,24-9-,25-17-. The maximum Gasteiger partial charge on any atom is 0.240 e. The molecule has 3 aliphatic rings. The Bertz CT molecular complexity index is 1490. The summed E-state index contributed by atoms with van der Waals surface area (Å²) in [5.74, 6) is 0.523. The van der Waals surface area contributed by atoms with E-state index in [0.29, 0.717) is 5.88 Å². The van der Waals surface area contributed by atoms with Crippen LogP contribution in [0.5, 0.6) is 5.88 Å². The summed E-state index contributed by atoms with van der Waals surface area (Å²) in [6.07, 6.45) is 20.5. The highest BCUT2D eigenvalue weighted by molar-refractivity contribution is 5.89. The van der Waals surface area contributed by atoms with Gasteiger partial charge < -0.3 is 10.1 Å². The lowest BCUT2D eigenvalue weighted by atomic mass is 9.93. The van der Waals surface area contributed by atoms with Crippen molar-refractivity contribution in [3.63, 3.8) is 0 Å². The number of aromatic amines is 1. The molecule has 0 atom stereocenters. The Morgan fingerprint density at radius 1 is 1.19 bits per heavy atom. The van der Waals surface area contributed by atoms with Gasteiger partial charge in [-0.3, -0.25) is 15.1 Å². The lowest BCUT2D eigenvalue weighted by Gasteiger charge is -2.21. The third-order valence-electron chi connectivity index (χ3n) is 6.65.